The Kier molecular flexibility index (Phi) is 5.70. The van der Waals surface area contributed by atoms with Gasteiger partial charge in [-0.2, -0.15) is 5.10 Å². The Balaban J connectivity index is 1.23. The summed E-state index contributed by atoms with van der Waals surface area (Å²) in [5.74, 6) is 0.207. The number of anilines is 2. The van der Waals surface area contributed by atoms with Crippen LogP contribution < -0.4 is 5.32 Å². The molecule has 2 aromatic heterocycles. The number of aliphatic hydroxyl groups excluding tert-OH is 1. The molecule has 2 saturated carbocycles. The number of aromatic nitrogens is 4. The average Bonchev–Trinajstić information content (AvgIpc) is 3.47. The van der Waals surface area contributed by atoms with Gasteiger partial charge in [0.05, 0.1) is 35.2 Å². The topological polar surface area (TPSA) is 79.1 Å². The highest BCUT2D eigenvalue weighted by Crippen LogP contribution is 2.39. The summed E-state index contributed by atoms with van der Waals surface area (Å²) >= 11 is 6.61. The monoisotopic (exact) mass is 484 g/mol. The van der Waals surface area contributed by atoms with Crippen molar-refractivity contribution in [3.63, 3.8) is 0 Å². The zero-order valence-corrected chi connectivity index (χ0v) is 20.0. The van der Waals surface area contributed by atoms with Gasteiger partial charge in [0.2, 0.25) is 5.95 Å². The van der Waals surface area contributed by atoms with Gasteiger partial charge >= 0.3 is 0 Å². The summed E-state index contributed by atoms with van der Waals surface area (Å²) < 4.78 is 17.4. The van der Waals surface area contributed by atoms with Gasteiger partial charge in [-0.25, -0.2) is 14.4 Å². The molecule has 3 aliphatic rings. The molecule has 0 spiro atoms. The molecule has 9 heteroatoms. The van der Waals surface area contributed by atoms with E-state index in [1.165, 1.54) is 12.8 Å². The second-order valence-electron chi connectivity index (χ2n) is 10.0. The molecule has 2 N–H and O–H groups in total. The molecule has 7 nitrogen and oxygen atoms in total. The first kappa shape index (κ1) is 22.2. The summed E-state index contributed by atoms with van der Waals surface area (Å²) in [5.41, 5.74) is 3.51. The van der Waals surface area contributed by atoms with Crippen molar-refractivity contribution in [3.05, 3.63) is 40.8 Å². The molecule has 6 rings (SSSR count). The SMILES string of the molecule is Cc1c(Nc2ncc3cc(Cl)c([C@@H]4CCN(C5CCCC5O)C[C@H]4F)cc3n2)cnn1C1CC1. The van der Waals surface area contributed by atoms with Gasteiger partial charge in [-0.3, -0.25) is 9.58 Å². The van der Waals surface area contributed by atoms with Crippen LogP contribution in [-0.2, 0) is 0 Å². The van der Waals surface area contributed by atoms with Crippen LogP contribution >= 0.6 is 11.6 Å². The highest BCUT2D eigenvalue weighted by molar-refractivity contribution is 6.32. The number of halogens is 2. The standard InChI is InChI=1S/C25H30ClFN6O/c1-14-22(12-29-33(14)16-5-6-16)31-25-28-11-15-9-19(26)18(10-21(15)30-25)17-7-8-32(13-20(17)27)23-3-2-4-24(23)34/h9-12,16-17,20,23-24,34H,2-8,13H2,1H3,(H,28,30,31)/t17-,20+,23?,24?/m0/s1. The molecule has 2 unspecified atom stereocenters. The van der Waals surface area contributed by atoms with Crippen LogP contribution in [0.25, 0.3) is 10.9 Å². The molecule has 0 amide bonds. The van der Waals surface area contributed by atoms with Crippen molar-refractivity contribution in [1.82, 2.24) is 24.6 Å². The molecular weight excluding hydrogens is 455 g/mol. The number of benzene rings is 1. The third-order valence-electron chi connectivity index (χ3n) is 7.77. The summed E-state index contributed by atoms with van der Waals surface area (Å²) in [6, 6.07) is 4.35. The van der Waals surface area contributed by atoms with Gasteiger partial charge in [-0.1, -0.05) is 11.6 Å². The fraction of sp³-hybridized carbons (Fsp3) is 0.560. The summed E-state index contributed by atoms with van der Waals surface area (Å²) in [7, 11) is 0. The number of hydrogen-bond donors (Lipinski definition) is 2. The first-order valence-electron chi connectivity index (χ1n) is 12.3. The molecule has 1 saturated heterocycles. The number of piperidine rings is 1. The minimum absolute atomic E-state index is 0.0837. The Morgan fingerprint density at radius 2 is 2.00 bits per heavy atom. The maximum absolute atomic E-state index is 15.4. The number of nitrogens with zero attached hydrogens (tertiary/aromatic N) is 5. The van der Waals surface area contributed by atoms with E-state index >= 15 is 4.39 Å². The zero-order chi connectivity index (χ0) is 23.4. The summed E-state index contributed by atoms with van der Waals surface area (Å²) in [5, 5.41) is 19.4. The van der Waals surface area contributed by atoms with E-state index in [4.69, 9.17) is 16.6 Å². The lowest BCUT2D eigenvalue weighted by molar-refractivity contribution is 0.0271. The normalized spacial score (nSPS) is 28.0. The second kappa shape index (κ2) is 8.73. The van der Waals surface area contributed by atoms with Crippen molar-refractivity contribution in [3.8, 4) is 0 Å². The lowest BCUT2D eigenvalue weighted by Gasteiger charge is -2.39. The number of likely N-dealkylation sites (tertiary alicyclic amines) is 1. The summed E-state index contributed by atoms with van der Waals surface area (Å²) in [6.45, 7) is 3.15. The molecular formula is C25H30ClFN6O. The van der Waals surface area contributed by atoms with Crippen molar-refractivity contribution in [2.24, 2.45) is 0 Å². The number of nitrogens with one attached hydrogen (secondary N) is 1. The van der Waals surface area contributed by atoms with Gasteiger partial charge in [0.25, 0.3) is 0 Å². The van der Waals surface area contributed by atoms with E-state index in [0.717, 1.165) is 53.7 Å². The maximum atomic E-state index is 15.4. The number of fused-ring (bicyclic) bond motifs is 1. The molecule has 0 radical (unpaired) electrons. The van der Waals surface area contributed by atoms with Crippen LogP contribution in [0.4, 0.5) is 16.0 Å². The van der Waals surface area contributed by atoms with Crippen LogP contribution in [-0.4, -0.2) is 61.2 Å². The van der Waals surface area contributed by atoms with E-state index in [1.54, 1.807) is 6.20 Å². The first-order valence-corrected chi connectivity index (χ1v) is 12.7. The third kappa shape index (κ3) is 4.06. The van der Waals surface area contributed by atoms with Crippen molar-refractivity contribution in [1.29, 1.82) is 0 Å². The Hall–Kier alpha value is -2.29. The Bertz CT molecular complexity index is 1210. The van der Waals surface area contributed by atoms with Crippen molar-refractivity contribution in [2.45, 2.75) is 75.7 Å². The maximum Gasteiger partial charge on any atom is 0.227 e. The average molecular weight is 485 g/mol. The highest BCUT2D eigenvalue weighted by atomic mass is 35.5. The molecule has 2 aliphatic carbocycles. The van der Waals surface area contributed by atoms with E-state index in [0.29, 0.717) is 30.0 Å². The van der Waals surface area contributed by atoms with E-state index in [-0.39, 0.29) is 18.1 Å². The van der Waals surface area contributed by atoms with Gasteiger partial charge in [0.15, 0.2) is 0 Å². The fourth-order valence-electron chi connectivity index (χ4n) is 5.69. The fourth-order valence-corrected chi connectivity index (χ4v) is 6.00. The minimum atomic E-state index is -1.04. The van der Waals surface area contributed by atoms with Crippen LogP contribution in [0.3, 0.4) is 0 Å². The first-order chi connectivity index (χ1) is 16.5. The molecule has 3 heterocycles. The van der Waals surface area contributed by atoms with Crippen LogP contribution in [0.2, 0.25) is 5.02 Å². The quantitative estimate of drug-likeness (QED) is 0.536. The molecule has 4 atom stereocenters. The van der Waals surface area contributed by atoms with Gasteiger partial charge < -0.3 is 10.4 Å². The van der Waals surface area contributed by atoms with Crippen molar-refractivity contribution >= 4 is 34.1 Å². The van der Waals surface area contributed by atoms with Crippen LogP contribution in [0.5, 0.6) is 0 Å². The van der Waals surface area contributed by atoms with E-state index < -0.39 is 6.17 Å². The van der Waals surface area contributed by atoms with Gasteiger partial charge in [0.1, 0.15) is 6.17 Å². The smallest absolute Gasteiger partial charge is 0.227 e. The highest BCUT2D eigenvalue weighted by Gasteiger charge is 2.38. The van der Waals surface area contributed by atoms with Crippen LogP contribution in [0.15, 0.2) is 24.5 Å². The minimum Gasteiger partial charge on any atom is -0.391 e. The Morgan fingerprint density at radius 3 is 2.74 bits per heavy atom. The Labute approximate surface area is 203 Å². The van der Waals surface area contributed by atoms with E-state index in [2.05, 4.69) is 25.0 Å². The Morgan fingerprint density at radius 1 is 1.15 bits per heavy atom. The van der Waals surface area contributed by atoms with Crippen molar-refractivity contribution in [2.75, 3.05) is 18.4 Å². The number of rotatable bonds is 5. The second-order valence-corrected chi connectivity index (χ2v) is 10.4. The molecule has 34 heavy (non-hydrogen) atoms. The van der Waals surface area contributed by atoms with Crippen LogP contribution in [0.1, 0.15) is 61.7 Å². The molecule has 1 aromatic carbocycles. The van der Waals surface area contributed by atoms with Gasteiger partial charge in [-0.15, -0.1) is 0 Å². The summed E-state index contributed by atoms with van der Waals surface area (Å²) in [6.07, 6.45) is 7.98. The number of hydrogen-bond acceptors (Lipinski definition) is 6. The molecule has 1 aliphatic heterocycles. The number of alkyl halides is 1. The zero-order valence-electron chi connectivity index (χ0n) is 19.3. The van der Waals surface area contributed by atoms with Gasteiger partial charge in [-0.05, 0) is 69.7 Å². The van der Waals surface area contributed by atoms with E-state index in [9.17, 15) is 5.11 Å². The largest absolute Gasteiger partial charge is 0.391 e. The number of aliphatic hydroxyl groups is 1. The predicted molar refractivity (Wildman–Crippen MR) is 131 cm³/mol. The van der Waals surface area contributed by atoms with Crippen molar-refractivity contribution < 1.29 is 9.50 Å². The predicted octanol–water partition coefficient (Wildman–Crippen LogP) is 4.91. The lowest BCUT2D eigenvalue weighted by Crippen LogP contribution is -2.49. The molecule has 180 valence electrons. The van der Waals surface area contributed by atoms with Crippen LogP contribution in [0, 0.1) is 6.92 Å². The molecule has 0 bridgehead atoms. The van der Waals surface area contributed by atoms with E-state index in [1.807, 2.05) is 25.3 Å². The third-order valence-corrected chi connectivity index (χ3v) is 8.09. The summed E-state index contributed by atoms with van der Waals surface area (Å²) in [4.78, 5) is 11.3. The molecule has 3 fully saturated rings. The molecule has 3 aromatic rings. The van der Waals surface area contributed by atoms with Gasteiger partial charge in [0, 0.05) is 35.1 Å². The lowest BCUT2D eigenvalue weighted by atomic mass is 9.86.